The number of aliphatic carboxylic acids is 1. The van der Waals surface area contributed by atoms with Gasteiger partial charge in [0.2, 0.25) is 5.91 Å². The Morgan fingerprint density at radius 3 is 2.47 bits per heavy atom. The van der Waals surface area contributed by atoms with Crippen molar-refractivity contribution < 1.29 is 19.4 Å². The molecule has 19 heavy (non-hydrogen) atoms. The maximum absolute atomic E-state index is 12.2. The van der Waals surface area contributed by atoms with Crippen molar-refractivity contribution in [1.29, 1.82) is 0 Å². The van der Waals surface area contributed by atoms with Gasteiger partial charge in [0, 0.05) is 19.6 Å². The predicted octanol–water partition coefficient (Wildman–Crippen LogP) is 1.48. The van der Waals surface area contributed by atoms with E-state index >= 15 is 0 Å². The van der Waals surface area contributed by atoms with Gasteiger partial charge in [0.15, 0.2) is 0 Å². The highest BCUT2D eigenvalue weighted by molar-refractivity contribution is 5.83. The van der Waals surface area contributed by atoms with Crippen molar-refractivity contribution in [3.05, 3.63) is 6.92 Å². The Morgan fingerprint density at radius 2 is 2.05 bits per heavy atom. The van der Waals surface area contributed by atoms with Crippen LogP contribution >= 0.6 is 0 Å². The number of methoxy groups -OCH3 is 1. The van der Waals surface area contributed by atoms with Crippen molar-refractivity contribution in [2.45, 2.75) is 39.7 Å². The molecule has 0 unspecified atom stereocenters. The van der Waals surface area contributed by atoms with Gasteiger partial charge in [-0.1, -0.05) is 13.8 Å². The predicted molar refractivity (Wildman–Crippen MR) is 71.4 cm³/mol. The third-order valence-corrected chi connectivity index (χ3v) is 4.85. The summed E-state index contributed by atoms with van der Waals surface area (Å²) in [7, 11) is 1.53. The van der Waals surface area contributed by atoms with E-state index in [2.05, 4.69) is 12.2 Å². The molecule has 2 N–H and O–H groups in total. The molecule has 1 rings (SSSR count). The number of carbonyl (C=O) groups excluding carboxylic acids is 1. The summed E-state index contributed by atoms with van der Waals surface area (Å²) in [6, 6.07) is 0. The van der Waals surface area contributed by atoms with Crippen molar-refractivity contribution in [1.82, 2.24) is 5.32 Å². The molecule has 0 saturated heterocycles. The van der Waals surface area contributed by atoms with E-state index < -0.39 is 16.8 Å². The fourth-order valence-electron chi connectivity index (χ4n) is 2.76. The monoisotopic (exact) mass is 270 g/mol. The van der Waals surface area contributed by atoms with Crippen molar-refractivity contribution in [2.75, 3.05) is 13.7 Å². The molecule has 0 aliphatic heterocycles. The van der Waals surface area contributed by atoms with E-state index in [1.807, 2.05) is 13.8 Å². The standard InChI is InChI=1S/C14H24NO4/c1-9(19-5)8-15-11(16)10-6-7-14(4,12(17)18)13(10,2)3/h9-10H,1,6-8H2,2-5H3,(H,15,16)(H,17,18)/q-1/t9-,10-,14-/m1/s1. The van der Waals surface area contributed by atoms with Gasteiger partial charge in [-0.15, -0.1) is 0 Å². The van der Waals surface area contributed by atoms with Crippen molar-refractivity contribution in [3.8, 4) is 0 Å². The van der Waals surface area contributed by atoms with Crippen LogP contribution in [0.1, 0.15) is 33.6 Å². The molecular formula is C14H24NO4-. The highest BCUT2D eigenvalue weighted by atomic mass is 16.5. The molecule has 5 nitrogen and oxygen atoms in total. The lowest BCUT2D eigenvalue weighted by atomic mass is 9.65. The summed E-state index contributed by atoms with van der Waals surface area (Å²) < 4.78 is 4.97. The second-order valence-electron chi connectivity index (χ2n) is 6.05. The van der Waals surface area contributed by atoms with Gasteiger partial charge in [0.05, 0.1) is 5.41 Å². The van der Waals surface area contributed by atoms with Crippen LogP contribution in [-0.2, 0) is 14.3 Å². The van der Waals surface area contributed by atoms with Gasteiger partial charge in [-0.2, -0.15) is 0 Å². The van der Waals surface area contributed by atoms with Crippen LogP contribution in [0.15, 0.2) is 0 Å². The molecule has 0 bridgehead atoms. The van der Waals surface area contributed by atoms with E-state index in [1.54, 1.807) is 6.92 Å². The van der Waals surface area contributed by atoms with Gasteiger partial charge >= 0.3 is 5.97 Å². The van der Waals surface area contributed by atoms with Crippen molar-refractivity contribution in [3.63, 3.8) is 0 Å². The first kappa shape index (κ1) is 16.0. The SMILES string of the molecule is [CH2-][C@H](CNC(=O)[C@H]1CC[C@](C)(C(=O)O)C1(C)C)OC. The third kappa shape index (κ3) is 2.76. The molecule has 1 aliphatic carbocycles. The summed E-state index contributed by atoms with van der Waals surface area (Å²) in [5.74, 6) is -1.24. The van der Waals surface area contributed by atoms with Crippen LogP contribution in [0.4, 0.5) is 0 Å². The molecule has 1 saturated carbocycles. The number of nitrogens with one attached hydrogen (secondary N) is 1. The van der Waals surface area contributed by atoms with Crippen LogP contribution in [0.2, 0.25) is 0 Å². The number of carboxylic acids is 1. The van der Waals surface area contributed by atoms with Gasteiger partial charge in [0.1, 0.15) is 0 Å². The summed E-state index contributed by atoms with van der Waals surface area (Å²) in [5.41, 5.74) is -1.44. The smallest absolute Gasteiger partial charge is 0.309 e. The van der Waals surface area contributed by atoms with Crippen molar-refractivity contribution >= 4 is 11.9 Å². The Morgan fingerprint density at radius 1 is 1.47 bits per heavy atom. The van der Waals surface area contributed by atoms with Crippen LogP contribution in [0, 0.1) is 23.7 Å². The van der Waals surface area contributed by atoms with Gasteiger partial charge < -0.3 is 22.1 Å². The molecule has 1 aliphatic rings. The number of hydrogen-bond acceptors (Lipinski definition) is 3. The van der Waals surface area contributed by atoms with E-state index in [9.17, 15) is 14.7 Å². The number of carboxylic acid groups (broad SMARTS) is 1. The summed E-state index contributed by atoms with van der Waals surface area (Å²) in [6.45, 7) is 9.50. The lowest BCUT2D eigenvalue weighted by molar-refractivity contribution is -0.155. The van der Waals surface area contributed by atoms with Crippen LogP contribution < -0.4 is 5.32 Å². The lowest BCUT2D eigenvalue weighted by Crippen LogP contribution is -2.46. The van der Waals surface area contributed by atoms with E-state index in [4.69, 9.17) is 4.74 Å². The fourth-order valence-corrected chi connectivity index (χ4v) is 2.76. The minimum absolute atomic E-state index is 0.110. The molecule has 0 radical (unpaired) electrons. The lowest BCUT2D eigenvalue weighted by Gasteiger charge is -2.38. The molecular weight excluding hydrogens is 246 g/mol. The summed E-state index contributed by atoms with van der Waals surface area (Å²) in [6.07, 6.45) is 0.821. The Balaban J connectivity index is 2.76. The molecule has 110 valence electrons. The molecule has 0 aromatic rings. The molecule has 0 heterocycles. The van der Waals surface area contributed by atoms with Crippen LogP contribution in [0.25, 0.3) is 0 Å². The zero-order valence-corrected chi connectivity index (χ0v) is 12.2. The number of carbonyl (C=O) groups is 2. The molecule has 0 aromatic carbocycles. The zero-order chi connectivity index (χ0) is 14.8. The summed E-state index contributed by atoms with van der Waals surface area (Å²) in [4.78, 5) is 23.7. The van der Waals surface area contributed by atoms with E-state index in [0.29, 0.717) is 19.4 Å². The normalized spacial score (nSPS) is 30.9. The van der Waals surface area contributed by atoms with Crippen LogP contribution in [0.5, 0.6) is 0 Å². The first-order valence-electron chi connectivity index (χ1n) is 6.54. The maximum Gasteiger partial charge on any atom is 0.309 e. The Kier molecular flexibility index (Phi) is 4.61. The third-order valence-electron chi connectivity index (χ3n) is 4.85. The van der Waals surface area contributed by atoms with Gasteiger partial charge in [-0.05, 0) is 31.3 Å². The largest absolute Gasteiger partial charge is 0.481 e. The molecule has 0 spiro atoms. The van der Waals surface area contributed by atoms with Crippen LogP contribution in [-0.4, -0.2) is 36.7 Å². The molecule has 3 atom stereocenters. The molecule has 5 heteroatoms. The van der Waals surface area contributed by atoms with E-state index in [0.717, 1.165) is 0 Å². The Bertz CT molecular complexity index is 366. The molecule has 0 aromatic heterocycles. The molecule has 1 fully saturated rings. The Labute approximate surface area is 114 Å². The zero-order valence-electron chi connectivity index (χ0n) is 12.2. The minimum Gasteiger partial charge on any atom is -0.481 e. The quantitative estimate of drug-likeness (QED) is 0.742. The number of rotatable bonds is 5. The summed E-state index contributed by atoms with van der Waals surface area (Å²) >= 11 is 0. The molecule has 1 amide bonds. The topological polar surface area (TPSA) is 75.6 Å². The summed E-state index contributed by atoms with van der Waals surface area (Å²) in [5, 5.41) is 12.2. The highest BCUT2D eigenvalue weighted by Crippen LogP contribution is 2.56. The number of ether oxygens (including phenoxy) is 1. The number of hydrogen-bond donors (Lipinski definition) is 2. The average molecular weight is 270 g/mol. The maximum atomic E-state index is 12.2. The van der Waals surface area contributed by atoms with Gasteiger partial charge in [-0.25, -0.2) is 0 Å². The van der Waals surface area contributed by atoms with Gasteiger partial charge in [-0.3, -0.25) is 9.59 Å². The minimum atomic E-state index is -0.861. The first-order valence-corrected chi connectivity index (χ1v) is 6.54. The first-order chi connectivity index (χ1) is 8.66. The fraction of sp³-hybridized carbons (Fsp3) is 0.786. The second kappa shape index (κ2) is 5.49. The van der Waals surface area contributed by atoms with Crippen LogP contribution in [0.3, 0.4) is 0 Å². The van der Waals surface area contributed by atoms with Gasteiger partial charge in [0.25, 0.3) is 0 Å². The number of amides is 1. The average Bonchev–Trinajstić information content (AvgIpc) is 2.58. The van der Waals surface area contributed by atoms with Crippen molar-refractivity contribution in [2.24, 2.45) is 16.7 Å². The Hall–Kier alpha value is -1.10. The van der Waals surface area contributed by atoms with E-state index in [1.165, 1.54) is 7.11 Å². The highest BCUT2D eigenvalue weighted by Gasteiger charge is 2.58. The van der Waals surface area contributed by atoms with E-state index in [-0.39, 0.29) is 17.9 Å². The second-order valence-corrected chi connectivity index (χ2v) is 6.05.